The van der Waals surface area contributed by atoms with Crippen molar-refractivity contribution in [2.45, 2.75) is 32.5 Å². The number of hydrogen-bond acceptors (Lipinski definition) is 3. The maximum Gasteiger partial charge on any atom is 0.123 e. The Bertz CT molecular complexity index is 397. The van der Waals surface area contributed by atoms with Crippen molar-refractivity contribution >= 4 is 0 Å². The molecule has 1 atom stereocenters. The second-order valence-electron chi connectivity index (χ2n) is 4.78. The maximum atomic E-state index is 13.4. The van der Waals surface area contributed by atoms with Crippen LogP contribution in [0.25, 0.3) is 0 Å². The van der Waals surface area contributed by atoms with Crippen LogP contribution in [0, 0.1) is 5.82 Å². The summed E-state index contributed by atoms with van der Waals surface area (Å²) in [7, 11) is 0. The number of ether oxygens (including phenoxy) is 1. The second-order valence-corrected chi connectivity index (χ2v) is 4.78. The predicted octanol–water partition coefficient (Wildman–Crippen LogP) is 1.90. The molecule has 1 unspecified atom stereocenters. The third-order valence-electron chi connectivity index (χ3n) is 3.46. The third-order valence-corrected chi connectivity index (χ3v) is 3.46. The Kier molecular flexibility index (Phi) is 4.69. The van der Waals surface area contributed by atoms with Crippen LogP contribution < -0.4 is 5.73 Å². The zero-order valence-corrected chi connectivity index (χ0v) is 10.9. The Morgan fingerprint density at radius 2 is 2.17 bits per heavy atom. The highest BCUT2D eigenvalue weighted by atomic mass is 19.1. The molecule has 1 aromatic carbocycles. The van der Waals surface area contributed by atoms with Crippen LogP contribution in [0.1, 0.15) is 24.5 Å². The van der Waals surface area contributed by atoms with Crippen molar-refractivity contribution in [1.82, 2.24) is 4.90 Å². The first-order valence-electron chi connectivity index (χ1n) is 6.53. The minimum atomic E-state index is -0.200. The van der Waals surface area contributed by atoms with E-state index >= 15 is 0 Å². The SMILES string of the molecule is CCC1COCCN1Cc1cc(F)cc(CN)c1. The molecule has 100 valence electrons. The van der Waals surface area contributed by atoms with Gasteiger partial charge in [0.1, 0.15) is 5.82 Å². The number of benzene rings is 1. The van der Waals surface area contributed by atoms with E-state index in [4.69, 9.17) is 10.5 Å². The molecule has 1 aliphatic rings. The molecule has 2 N–H and O–H groups in total. The molecule has 0 aliphatic carbocycles. The first kappa shape index (κ1) is 13.5. The molecular weight excluding hydrogens is 231 g/mol. The summed E-state index contributed by atoms with van der Waals surface area (Å²) in [5.74, 6) is -0.200. The average Bonchev–Trinajstić information content (AvgIpc) is 2.38. The van der Waals surface area contributed by atoms with Gasteiger partial charge < -0.3 is 10.5 Å². The lowest BCUT2D eigenvalue weighted by Gasteiger charge is -2.35. The quantitative estimate of drug-likeness (QED) is 0.889. The normalized spacial score (nSPS) is 21.2. The number of morpholine rings is 1. The number of nitrogens with two attached hydrogens (primary N) is 1. The molecule has 1 fully saturated rings. The van der Waals surface area contributed by atoms with Crippen LogP contribution in [0.4, 0.5) is 4.39 Å². The zero-order chi connectivity index (χ0) is 13.0. The molecule has 3 nitrogen and oxygen atoms in total. The predicted molar refractivity (Wildman–Crippen MR) is 69.6 cm³/mol. The van der Waals surface area contributed by atoms with Crippen molar-refractivity contribution in [3.05, 3.63) is 35.1 Å². The van der Waals surface area contributed by atoms with Crippen LogP contribution in [0.2, 0.25) is 0 Å². The van der Waals surface area contributed by atoms with E-state index in [1.165, 1.54) is 6.07 Å². The lowest BCUT2D eigenvalue weighted by molar-refractivity contribution is -0.0127. The molecule has 0 saturated carbocycles. The van der Waals surface area contributed by atoms with Crippen molar-refractivity contribution in [2.24, 2.45) is 5.73 Å². The lowest BCUT2D eigenvalue weighted by atomic mass is 10.1. The van der Waals surface area contributed by atoms with Crippen molar-refractivity contribution in [1.29, 1.82) is 0 Å². The van der Waals surface area contributed by atoms with Gasteiger partial charge in [-0.2, -0.15) is 0 Å². The molecule has 0 spiro atoms. The van der Waals surface area contributed by atoms with E-state index in [-0.39, 0.29) is 5.82 Å². The highest BCUT2D eigenvalue weighted by Crippen LogP contribution is 2.16. The van der Waals surface area contributed by atoms with Crippen LogP contribution in [0.5, 0.6) is 0 Å². The Labute approximate surface area is 108 Å². The molecular formula is C14H21FN2O. The van der Waals surface area contributed by atoms with Gasteiger partial charge in [0.15, 0.2) is 0 Å². The Morgan fingerprint density at radius 1 is 1.39 bits per heavy atom. The number of nitrogens with zero attached hydrogens (tertiary/aromatic N) is 1. The standard InChI is InChI=1S/C14H21FN2O/c1-2-14-10-18-4-3-17(14)9-12-5-11(8-16)6-13(15)7-12/h5-7,14H,2-4,8-10,16H2,1H3. The molecule has 4 heteroatoms. The first-order valence-corrected chi connectivity index (χ1v) is 6.53. The van der Waals surface area contributed by atoms with Crippen LogP contribution in [0.15, 0.2) is 18.2 Å². The fourth-order valence-corrected chi connectivity index (χ4v) is 2.43. The number of rotatable bonds is 4. The minimum absolute atomic E-state index is 0.200. The van der Waals surface area contributed by atoms with Gasteiger partial charge in [0.05, 0.1) is 13.2 Å². The van der Waals surface area contributed by atoms with E-state index in [2.05, 4.69) is 11.8 Å². The Hall–Kier alpha value is -0.970. The van der Waals surface area contributed by atoms with Gasteiger partial charge in [-0.15, -0.1) is 0 Å². The van der Waals surface area contributed by atoms with Crippen molar-refractivity contribution < 1.29 is 9.13 Å². The van der Waals surface area contributed by atoms with E-state index in [1.807, 2.05) is 6.07 Å². The van der Waals surface area contributed by atoms with Gasteiger partial charge >= 0.3 is 0 Å². The smallest absolute Gasteiger partial charge is 0.123 e. The van der Waals surface area contributed by atoms with E-state index in [0.717, 1.165) is 43.9 Å². The summed E-state index contributed by atoms with van der Waals surface area (Å²) in [6.07, 6.45) is 1.05. The first-order chi connectivity index (χ1) is 8.72. The largest absolute Gasteiger partial charge is 0.378 e. The summed E-state index contributed by atoms with van der Waals surface area (Å²) < 4.78 is 18.9. The minimum Gasteiger partial charge on any atom is -0.378 e. The average molecular weight is 252 g/mol. The molecule has 0 aromatic heterocycles. The monoisotopic (exact) mass is 252 g/mol. The molecule has 1 aliphatic heterocycles. The van der Waals surface area contributed by atoms with Crippen LogP contribution >= 0.6 is 0 Å². The highest BCUT2D eigenvalue weighted by Gasteiger charge is 2.21. The fourth-order valence-electron chi connectivity index (χ4n) is 2.43. The summed E-state index contributed by atoms with van der Waals surface area (Å²) in [5, 5.41) is 0. The molecule has 2 rings (SSSR count). The summed E-state index contributed by atoms with van der Waals surface area (Å²) in [5.41, 5.74) is 7.42. The number of hydrogen-bond donors (Lipinski definition) is 1. The van der Waals surface area contributed by atoms with Gasteiger partial charge in [-0.3, -0.25) is 4.90 Å². The maximum absolute atomic E-state index is 13.4. The van der Waals surface area contributed by atoms with Gasteiger partial charge in [-0.05, 0) is 29.7 Å². The summed E-state index contributed by atoms with van der Waals surface area (Å²) >= 11 is 0. The van der Waals surface area contributed by atoms with Crippen LogP contribution in [-0.2, 0) is 17.8 Å². The molecule has 1 saturated heterocycles. The molecule has 1 aromatic rings. The lowest BCUT2D eigenvalue weighted by Crippen LogP contribution is -2.44. The molecule has 0 radical (unpaired) electrons. The molecule has 0 amide bonds. The van der Waals surface area contributed by atoms with E-state index < -0.39 is 0 Å². The van der Waals surface area contributed by atoms with E-state index in [0.29, 0.717) is 12.6 Å². The van der Waals surface area contributed by atoms with Crippen molar-refractivity contribution in [3.63, 3.8) is 0 Å². The van der Waals surface area contributed by atoms with Crippen molar-refractivity contribution in [2.75, 3.05) is 19.8 Å². The van der Waals surface area contributed by atoms with Gasteiger partial charge in [0, 0.05) is 25.7 Å². The van der Waals surface area contributed by atoms with Gasteiger partial charge in [-0.25, -0.2) is 4.39 Å². The zero-order valence-electron chi connectivity index (χ0n) is 10.9. The Morgan fingerprint density at radius 3 is 2.89 bits per heavy atom. The Balaban J connectivity index is 2.09. The van der Waals surface area contributed by atoms with E-state index in [1.54, 1.807) is 6.07 Å². The third kappa shape index (κ3) is 3.28. The second kappa shape index (κ2) is 6.27. The summed E-state index contributed by atoms with van der Waals surface area (Å²) in [6.45, 7) is 5.75. The summed E-state index contributed by atoms with van der Waals surface area (Å²) in [6, 6.07) is 5.52. The van der Waals surface area contributed by atoms with Crippen molar-refractivity contribution in [3.8, 4) is 0 Å². The van der Waals surface area contributed by atoms with Gasteiger partial charge in [0.25, 0.3) is 0 Å². The topological polar surface area (TPSA) is 38.5 Å². The highest BCUT2D eigenvalue weighted by molar-refractivity contribution is 5.24. The van der Waals surface area contributed by atoms with Gasteiger partial charge in [-0.1, -0.05) is 13.0 Å². The molecule has 0 bridgehead atoms. The van der Waals surface area contributed by atoms with Crippen LogP contribution in [-0.4, -0.2) is 30.7 Å². The summed E-state index contributed by atoms with van der Waals surface area (Å²) in [4.78, 5) is 2.36. The van der Waals surface area contributed by atoms with Crippen LogP contribution in [0.3, 0.4) is 0 Å². The number of halogens is 1. The molecule has 18 heavy (non-hydrogen) atoms. The van der Waals surface area contributed by atoms with Gasteiger partial charge in [0.2, 0.25) is 0 Å². The molecule has 1 heterocycles. The van der Waals surface area contributed by atoms with E-state index in [9.17, 15) is 4.39 Å². The fraction of sp³-hybridized carbons (Fsp3) is 0.571.